The van der Waals surface area contributed by atoms with Crippen LogP contribution < -0.4 is 24.8 Å². The lowest BCUT2D eigenvalue weighted by atomic mass is 10.1. The first-order valence-electron chi connectivity index (χ1n) is 14.4. The first-order valence-corrected chi connectivity index (χ1v) is 14.4. The average Bonchev–Trinajstić information content (AvgIpc) is 3.43. The van der Waals surface area contributed by atoms with Crippen molar-refractivity contribution in [3.63, 3.8) is 0 Å². The van der Waals surface area contributed by atoms with Crippen molar-refractivity contribution in [2.24, 2.45) is 0 Å². The van der Waals surface area contributed by atoms with Gasteiger partial charge in [0, 0.05) is 25.0 Å². The van der Waals surface area contributed by atoms with Crippen LogP contribution in [0.25, 0.3) is 17.1 Å². The summed E-state index contributed by atoms with van der Waals surface area (Å²) in [4.78, 5) is 16.4. The highest BCUT2D eigenvalue weighted by atomic mass is 19.1. The number of carbonyl (C=O) groups is 1. The maximum absolute atomic E-state index is 14.3. The van der Waals surface area contributed by atoms with Crippen molar-refractivity contribution in [3.8, 4) is 28.7 Å². The Hall–Kier alpha value is -6.16. The lowest BCUT2D eigenvalue weighted by Crippen LogP contribution is -2.17. The van der Waals surface area contributed by atoms with Crippen LogP contribution in [-0.2, 0) is 11.3 Å². The van der Waals surface area contributed by atoms with Crippen LogP contribution in [0.3, 0.4) is 0 Å². The third kappa shape index (κ3) is 6.97. The van der Waals surface area contributed by atoms with Crippen LogP contribution in [0.15, 0.2) is 121 Å². The number of benzene rings is 4. The monoisotopic (exact) mass is 615 g/mol. The van der Waals surface area contributed by atoms with Crippen LogP contribution in [0.5, 0.6) is 28.7 Å². The van der Waals surface area contributed by atoms with E-state index in [4.69, 9.17) is 19.3 Å². The van der Waals surface area contributed by atoms with Gasteiger partial charge in [0.1, 0.15) is 34.1 Å². The zero-order valence-electron chi connectivity index (χ0n) is 25.1. The second-order valence-corrected chi connectivity index (χ2v) is 10.2. The lowest BCUT2D eigenvalue weighted by Gasteiger charge is -2.10. The van der Waals surface area contributed by atoms with E-state index in [1.807, 2.05) is 84.9 Å². The van der Waals surface area contributed by atoms with Crippen molar-refractivity contribution in [3.05, 3.63) is 132 Å². The molecule has 0 unspecified atom stereocenters. The molecular formula is C36H30FN5O4. The van der Waals surface area contributed by atoms with E-state index < -0.39 is 11.7 Å². The van der Waals surface area contributed by atoms with Crippen molar-refractivity contribution >= 4 is 34.5 Å². The number of likely N-dealkylation sites (N-methyl/N-ethyl adjacent to an activating group) is 1. The number of methoxy groups -OCH3 is 1. The molecular weight excluding hydrogens is 585 g/mol. The van der Waals surface area contributed by atoms with E-state index in [1.165, 1.54) is 13.1 Å². The quantitative estimate of drug-likeness (QED) is 0.143. The maximum Gasteiger partial charge on any atom is 0.279 e. The predicted molar refractivity (Wildman–Crippen MR) is 176 cm³/mol. The molecule has 0 aliphatic rings. The molecule has 0 aliphatic carbocycles. The minimum atomic E-state index is -0.894. The Balaban J connectivity index is 1.34. The summed E-state index contributed by atoms with van der Waals surface area (Å²) in [7, 11) is 3.00. The molecule has 0 saturated carbocycles. The summed E-state index contributed by atoms with van der Waals surface area (Å²) in [6.07, 6.45) is 2.85. The molecule has 0 bridgehead atoms. The van der Waals surface area contributed by atoms with Gasteiger partial charge >= 0.3 is 0 Å². The van der Waals surface area contributed by atoms with Crippen molar-refractivity contribution in [2.75, 3.05) is 19.5 Å². The molecule has 0 radical (unpaired) electrons. The predicted octanol–water partition coefficient (Wildman–Crippen LogP) is 7.87. The summed E-state index contributed by atoms with van der Waals surface area (Å²) in [5, 5.41) is 11.2. The van der Waals surface area contributed by atoms with Gasteiger partial charge in [-0.15, -0.1) is 0 Å². The average molecular weight is 616 g/mol. The van der Waals surface area contributed by atoms with Crippen molar-refractivity contribution in [1.82, 2.24) is 20.1 Å². The summed E-state index contributed by atoms with van der Waals surface area (Å²) < 4.78 is 33.7. The Kier molecular flexibility index (Phi) is 8.87. The standard InChI is InChI=1S/C36H30FN5O4/c1-38-36(43)31(37)22-25-7-6-8-26(21-25)40-34-33-32(46-30-17-15-29(16-18-30)45-28-9-4-3-5-10-28)19-20-39-35(33)42(41-34)23-24-11-13-27(44-2)14-12-24/h3-22H,23H2,1-2H3,(H,38,43)(H,40,41)/b31-22+. The highest BCUT2D eigenvalue weighted by Crippen LogP contribution is 2.36. The van der Waals surface area contributed by atoms with E-state index in [9.17, 15) is 9.18 Å². The van der Waals surface area contributed by atoms with Gasteiger partial charge in [-0.05, 0) is 77.9 Å². The number of rotatable bonds is 11. The summed E-state index contributed by atoms with van der Waals surface area (Å²) >= 11 is 0. The zero-order valence-corrected chi connectivity index (χ0v) is 25.1. The van der Waals surface area contributed by atoms with Crippen LogP contribution in [0, 0.1) is 0 Å². The van der Waals surface area contributed by atoms with Crippen LogP contribution in [0.1, 0.15) is 11.1 Å². The molecule has 10 heteroatoms. The number of amides is 1. The Morgan fingerprint density at radius 2 is 1.54 bits per heavy atom. The number of aromatic nitrogens is 3. The Bertz CT molecular complexity index is 1990. The Morgan fingerprint density at radius 3 is 2.26 bits per heavy atom. The number of hydrogen-bond acceptors (Lipinski definition) is 7. The van der Waals surface area contributed by atoms with Gasteiger partial charge < -0.3 is 24.8 Å². The first kappa shape index (κ1) is 29.9. The molecule has 9 nitrogen and oxygen atoms in total. The maximum atomic E-state index is 14.3. The molecule has 0 aliphatic heterocycles. The van der Waals surface area contributed by atoms with Crippen molar-refractivity contribution in [1.29, 1.82) is 0 Å². The largest absolute Gasteiger partial charge is 0.497 e. The number of pyridine rings is 1. The molecule has 230 valence electrons. The number of nitrogens with zero attached hydrogens (tertiary/aromatic N) is 3. The van der Waals surface area contributed by atoms with Gasteiger partial charge in [0.25, 0.3) is 5.91 Å². The van der Waals surface area contributed by atoms with Crippen molar-refractivity contribution < 1.29 is 23.4 Å². The van der Waals surface area contributed by atoms with Gasteiger partial charge in [0.15, 0.2) is 17.3 Å². The third-order valence-electron chi connectivity index (χ3n) is 7.00. The number of ether oxygens (including phenoxy) is 3. The normalized spacial score (nSPS) is 11.2. The van der Waals surface area contributed by atoms with E-state index in [2.05, 4.69) is 15.6 Å². The van der Waals surface area contributed by atoms with Crippen molar-refractivity contribution in [2.45, 2.75) is 6.54 Å². The number of anilines is 2. The minimum Gasteiger partial charge on any atom is -0.497 e. The molecule has 6 aromatic rings. The number of hydrogen-bond donors (Lipinski definition) is 2. The summed E-state index contributed by atoms with van der Waals surface area (Å²) in [5.74, 6) is 2.10. The third-order valence-corrected chi connectivity index (χ3v) is 7.00. The minimum absolute atomic E-state index is 0.435. The fourth-order valence-corrected chi connectivity index (χ4v) is 4.76. The van der Waals surface area contributed by atoms with Gasteiger partial charge in [-0.3, -0.25) is 4.79 Å². The van der Waals surface area contributed by atoms with Crippen LogP contribution in [0.2, 0.25) is 0 Å². The lowest BCUT2D eigenvalue weighted by molar-refractivity contribution is -0.118. The molecule has 1 amide bonds. The zero-order chi connectivity index (χ0) is 31.9. The number of halogens is 1. The molecule has 0 atom stereocenters. The van der Waals surface area contributed by atoms with Gasteiger partial charge in [0.05, 0.1) is 13.7 Å². The van der Waals surface area contributed by atoms with Crippen LogP contribution in [0.4, 0.5) is 15.9 Å². The highest BCUT2D eigenvalue weighted by Gasteiger charge is 2.18. The summed E-state index contributed by atoms with van der Waals surface area (Å²) in [6, 6.07) is 33.4. The van der Waals surface area contributed by atoms with E-state index in [-0.39, 0.29) is 0 Å². The van der Waals surface area contributed by atoms with Gasteiger partial charge in [-0.1, -0.05) is 42.5 Å². The Morgan fingerprint density at radius 1 is 0.848 bits per heavy atom. The topological polar surface area (TPSA) is 99.5 Å². The molecule has 4 aromatic carbocycles. The fraction of sp³-hybridized carbons (Fsp3) is 0.0833. The Labute approximate surface area is 264 Å². The molecule has 2 heterocycles. The van der Waals surface area contributed by atoms with E-state index in [0.717, 1.165) is 17.1 Å². The van der Waals surface area contributed by atoms with E-state index >= 15 is 0 Å². The van der Waals surface area contributed by atoms with Crippen LogP contribution in [-0.4, -0.2) is 34.8 Å². The highest BCUT2D eigenvalue weighted by molar-refractivity contribution is 5.96. The summed E-state index contributed by atoms with van der Waals surface area (Å²) in [6.45, 7) is 0.435. The van der Waals surface area contributed by atoms with E-state index in [1.54, 1.807) is 42.3 Å². The summed E-state index contributed by atoms with van der Waals surface area (Å²) in [5.41, 5.74) is 2.73. The smallest absolute Gasteiger partial charge is 0.279 e. The molecule has 0 fully saturated rings. The van der Waals surface area contributed by atoms with Gasteiger partial charge in [-0.25, -0.2) is 14.1 Å². The fourth-order valence-electron chi connectivity index (χ4n) is 4.76. The second-order valence-electron chi connectivity index (χ2n) is 10.2. The van der Waals surface area contributed by atoms with E-state index in [0.29, 0.717) is 51.9 Å². The van der Waals surface area contributed by atoms with Gasteiger partial charge in [0.2, 0.25) is 0 Å². The molecule has 2 N–H and O–H groups in total. The first-order chi connectivity index (χ1) is 22.5. The molecule has 0 spiro atoms. The number of nitrogens with one attached hydrogen (secondary N) is 2. The SMILES string of the molecule is CNC(=O)/C(F)=C\c1cccc(Nc2nn(Cc3ccc(OC)cc3)c3nccc(Oc4ccc(Oc5ccccc5)cc4)c23)c1. The number of fused-ring (bicyclic) bond motifs is 1. The number of para-hydroxylation sites is 1. The second kappa shape index (κ2) is 13.6. The number of carbonyl (C=O) groups excluding carboxylic acids is 1. The molecule has 2 aromatic heterocycles. The molecule has 0 saturated heterocycles. The molecule has 46 heavy (non-hydrogen) atoms. The van der Waals surface area contributed by atoms with Gasteiger partial charge in [-0.2, -0.15) is 5.10 Å². The molecule has 6 rings (SSSR count). The van der Waals surface area contributed by atoms with Crippen LogP contribution >= 0.6 is 0 Å².